The van der Waals surface area contributed by atoms with Gasteiger partial charge in [0.15, 0.2) is 0 Å². The maximum atomic E-state index is 12.0. The van der Waals surface area contributed by atoms with Crippen molar-refractivity contribution in [3.05, 3.63) is 34.9 Å². The first-order chi connectivity index (χ1) is 8.41. The van der Waals surface area contributed by atoms with Gasteiger partial charge in [-0.25, -0.2) is 0 Å². The minimum atomic E-state index is -0.643. The summed E-state index contributed by atoms with van der Waals surface area (Å²) in [6, 6.07) is 6.31. The zero-order chi connectivity index (χ0) is 13.8. The topological polar surface area (TPSA) is 52.3 Å². The first-order valence-electron chi connectivity index (χ1n) is 6.35. The van der Waals surface area contributed by atoms with Crippen molar-refractivity contribution in [3.63, 3.8) is 0 Å². The van der Waals surface area contributed by atoms with E-state index in [2.05, 4.69) is 32.0 Å². The Morgan fingerprint density at radius 2 is 1.83 bits per heavy atom. The minimum Gasteiger partial charge on any atom is -0.466 e. The first-order valence-corrected chi connectivity index (χ1v) is 6.35. The van der Waals surface area contributed by atoms with Crippen LogP contribution < -0.4 is 5.73 Å². The van der Waals surface area contributed by atoms with E-state index in [1.165, 1.54) is 11.1 Å². The lowest BCUT2D eigenvalue weighted by Gasteiger charge is -2.25. The van der Waals surface area contributed by atoms with Crippen molar-refractivity contribution in [2.75, 3.05) is 13.2 Å². The zero-order valence-electron chi connectivity index (χ0n) is 11.7. The van der Waals surface area contributed by atoms with E-state index in [9.17, 15) is 4.79 Å². The Morgan fingerprint density at radius 1 is 1.28 bits per heavy atom. The van der Waals surface area contributed by atoms with Crippen molar-refractivity contribution in [1.29, 1.82) is 0 Å². The average Bonchev–Trinajstić information content (AvgIpc) is 2.27. The van der Waals surface area contributed by atoms with E-state index >= 15 is 0 Å². The molecule has 0 fully saturated rings. The van der Waals surface area contributed by atoms with Crippen LogP contribution >= 0.6 is 0 Å². The van der Waals surface area contributed by atoms with Crippen molar-refractivity contribution >= 4 is 5.97 Å². The molecular weight excluding hydrogens is 226 g/mol. The molecule has 0 saturated heterocycles. The van der Waals surface area contributed by atoms with Gasteiger partial charge in [-0.05, 0) is 39.7 Å². The van der Waals surface area contributed by atoms with Crippen molar-refractivity contribution in [2.24, 2.45) is 11.1 Å². The highest BCUT2D eigenvalue weighted by Crippen LogP contribution is 2.24. The second-order valence-electron chi connectivity index (χ2n) is 5.16. The molecule has 0 aromatic heterocycles. The summed E-state index contributed by atoms with van der Waals surface area (Å²) in [5, 5.41) is 0. The largest absolute Gasteiger partial charge is 0.466 e. The quantitative estimate of drug-likeness (QED) is 0.815. The van der Waals surface area contributed by atoms with Gasteiger partial charge in [0.05, 0.1) is 12.0 Å². The van der Waals surface area contributed by atoms with E-state index in [0.717, 1.165) is 5.56 Å². The molecule has 0 aliphatic rings. The number of rotatable bonds is 5. The van der Waals surface area contributed by atoms with Crippen LogP contribution in [0.4, 0.5) is 0 Å². The average molecular weight is 249 g/mol. The Labute approximate surface area is 109 Å². The molecule has 1 atom stereocenters. The van der Waals surface area contributed by atoms with E-state index in [1.54, 1.807) is 0 Å². The third-order valence-corrected chi connectivity index (χ3v) is 3.09. The number of ether oxygens (including phenoxy) is 1. The molecule has 1 aromatic rings. The van der Waals surface area contributed by atoms with Gasteiger partial charge in [-0.2, -0.15) is 0 Å². The number of esters is 1. The highest BCUT2D eigenvalue weighted by atomic mass is 16.5. The molecule has 0 bridgehead atoms. The van der Waals surface area contributed by atoms with Crippen molar-refractivity contribution in [3.8, 4) is 0 Å². The number of aryl methyl sites for hydroxylation is 2. The summed E-state index contributed by atoms with van der Waals surface area (Å²) in [4.78, 5) is 12.0. The molecule has 3 heteroatoms. The minimum absolute atomic E-state index is 0.216. The second kappa shape index (κ2) is 6.01. The molecule has 100 valence electrons. The number of carbonyl (C=O) groups excluding carboxylic acids is 1. The van der Waals surface area contributed by atoms with Gasteiger partial charge in [0, 0.05) is 6.54 Å². The maximum Gasteiger partial charge on any atom is 0.313 e. The molecule has 0 radical (unpaired) electrons. The number of nitrogens with two attached hydrogens (primary N) is 1. The Hall–Kier alpha value is -1.35. The van der Waals surface area contributed by atoms with Gasteiger partial charge in [0.2, 0.25) is 0 Å². The summed E-state index contributed by atoms with van der Waals surface area (Å²) < 4.78 is 5.11. The van der Waals surface area contributed by atoms with Crippen LogP contribution in [0, 0.1) is 19.3 Å². The number of hydrogen-bond acceptors (Lipinski definition) is 3. The third-order valence-electron chi connectivity index (χ3n) is 3.09. The maximum absolute atomic E-state index is 12.0. The Kier molecular flexibility index (Phi) is 4.91. The predicted molar refractivity (Wildman–Crippen MR) is 73.4 cm³/mol. The van der Waals surface area contributed by atoms with Crippen molar-refractivity contribution in [2.45, 2.75) is 34.1 Å². The molecule has 0 saturated carbocycles. The van der Waals surface area contributed by atoms with Crippen LogP contribution in [0.1, 0.15) is 30.5 Å². The lowest BCUT2D eigenvalue weighted by atomic mass is 9.83. The van der Waals surface area contributed by atoms with Crippen LogP contribution in [-0.2, 0) is 16.0 Å². The molecular formula is C15H23NO2. The van der Waals surface area contributed by atoms with Crippen molar-refractivity contribution < 1.29 is 9.53 Å². The Morgan fingerprint density at radius 3 is 2.28 bits per heavy atom. The fourth-order valence-electron chi connectivity index (χ4n) is 2.15. The number of carbonyl (C=O) groups is 1. The van der Waals surface area contributed by atoms with Crippen LogP contribution in [0.2, 0.25) is 0 Å². The lowest BCUT2D eigenvalue weighted by molar-refractivity contribution is -0.153. The van der Waals surface area contributed by atoms with Crippen LogP contribution in [0.15, 0.2) is 18.2 Å². The molecule has 0 heterocycles. The van der Waals surface area contributed by atoms with Crippen LogP contribution in [0.25, 0.3) is 0 Å². The SMILES string of the molecule is CCOC(=O)C(C)(CN)Cc1cc(C)cc(C)c1. The molecule has 18 heavy (non-hydrogen) atoms. The standard InChI is InChI=1S/C15H23NO2/c1-5-18-14(17)15(4,10-16)9-13-7-11(2)6-12(3)8-13/h6-8H,5,9-10,16H2,1-4H3. The van der Waals surface area contributed by atoms with E-state index < -0.39 is 5.41 Å². The Bertz CT molecular complexity index is 408. The fraction of sp³-hybridized carbons (Fsp3) is 0.533. The van der Waals surface area contributed by atoms with Gasteiger partial charge < -0.3 is 10.5 Å². The van der Waals surface area contributed by atoms with Gasteiger partial charge in [0.1, 0.15) is 0 Å². The number of benzene rings is 1. The van der Waals surface area contributed by atoms with E-state index in [-0.39, 0.29) is 5.97 Å². The molecule has 0 aliphatic heterocycles. The summed E-state index contributed by atoms with van der Waals surface area (Å²) in [7, 11) is 0. The van der Waals surface area contributed by atoms with Gasteiger partial charge in [0.25, 0.3) is 0 Å². The normalized spacial score (nSPS) is 14.1. The molecule has 0 amide bonds. The molecule has 1 aromatic carbocycles. The smallest absolute Gasteiger partial charge is 0.313 e. The molecule has 0 aliphatic carbocycles. The predicted octanol–water partition coefficient (Wildman–Crippen LogP) is 2.37. The highest BCUT2D eigenvalue weighted by molar-refractivity contribution is 5.77. The molecule has 1 unspecified atom stereocenters. The van der Waals surface area contributed by atoms with E-state index in [1.807, 2.05) is 13.8 Å². The van der Waals surface area contributed by atoms with Gasteiger partial charge in [-0.15, -0.1) is 0 Å². The zero-order valence-corrected chi connectivity index (χ0v) is 11.7. The second-order valence-corrected chi connectivity index (χ2v) is 5.16. The number of hydrogen-bond donors (Lipinski definition) is 1. The van der Waals surface area contributed by atoms with Gasteiger partial charge >= 0.3 is 5.97 Å². The monoisotopic (exact) mass is 249 g/mol. The van der Waals surface area contributed by atoms with E-state index in [0.29, 0.717) is 19.6 Å². The summed E-state index contributed by atoms with van der Waals surface area (Å²) in [6.45, 7) is 8.47. The molecule has 0 spiro atoms. The molecule has 1 rings (SSSR count). The fourth-order valence-corrected chi connectivity index (χ4v) is 2.15. The van der Waals surface area contributed by atoms with Gasteiger partial charge in [-0.1, -0.05) is 29.3 Å². The summed E-state index contributed by atoms with van der Waals surface area (Å²) in [5.74, 6) is -0.216. The highest BCUT2D eigenvalue weighted by Gasteiger charge is 2.33. The summed E-state index contributed by atoms with van der Waals surface area (Å²) in [6.07, 6.45) is 0.616. The Balaban J connectivity index is 2.94. The molecule has 3 nitrogen and oxygen atoms in total. The molecule has 2 N–H and O–H groups in total. The van der Waals surface area contributed by atoms with Crippen LogP contribution in [0.5, 0.6) is 0 Å². The van der Waals surface area contributed by atoms with Crippen molar-refractivity contribution in [1.82, 2.24) is 0 Å². The van der Waals surface area contributed by atoms with Crippen LogP contribution in [0.3, 0.4) is 0 Å². The van der Waals surface area contributed by atoms with E-state index in [4.69, 9.17) is 10.5 Å². The third kappa shape index (κ3) is 3.57. The lowest BCUT2D eigenvalue weighted by Crippen LogP contribution is -2.39. The van der Waals surface area contributed by atoms with Gasteiger partial charge in [-0.3, -0.25) is 4.79 Å². The summed E-state index contributed by atoms with van der Waals surface area (Å²) >= 11 is 0. The van der Waals surface area contributed by atoms with Crippen LogP contribution in [-0.4, -0.2) is 19.1 Å². The first kappa shape index (κ1) is 14.7. The summed E-state index contributed by atoms with van der Waals surface area (Å²) in [5.41, 5.74) is 8.66.